The van der Waals surface area contributed by atoms with Gasteiger partial charge in [-0.2, -0.15) is 0 Å². The van der Waals surface area contributed by atoms with Crippen LogP contribution in [-0.2, 0) is 4.79 Å². The Hall–Kier alpha value is -1.13. The molecule has 3 N–H and O–H groups in total. The number of aliphatic hydroxyl groups excluding tert-OH is 2. The molecule has 0 aliphatic carbocycles. The summed E-state index contributed by atoms with van der Waals surface area (Å²) < 4.78 is 0. The predicted octanol–water partition coefficient (Wildman–Crippen LogP) is 13.6. The number of aliphatic hydroxyl groups is 2. The standard InChI is InChI=1S/C45H87NO3/c1-3-5-7-9-11-13-15-17-19-20-21-22-23-24-25-26-27-29-31-33-35-37-39-41-45(49)46-43(42-47)44(48)40-38-36-34-32-30-28-18-16-14-12-10-8-6-4-2/h17,19,38,40,43-44,47-48H,3-16,18,20-37,39,41-42H2,1-2H3,(H,46,49)/b19-17+,40-38+/t43-,44+/m0/s1. The number of rotatable bonds is 40. The number of carbonyl (C=O) groups is 1. The Morgan fingerprint density at radius 3 is 1.12 bits per heavy atom. The highest BCUT2D eigenvalue weighted by Crippen LogP contribution is 2.15. The van der Waals surface area contributed by atoms with Crippen LogP contribution in [0.1, 0.15) is 239 Å². The van der Waals surface area contributed by atoms with Crippen LogP contribution in [0.15, 0.2) is 24.3 Å². The topological polar surface area (TPSA) is 69.6 Å². The molecule has 0 unspecified atom stereocenters. The van der Waals surface area contributed by atoms with Crippen molar-refractivity contribution >= 4 is 5.91 Å². The Morgan fingerprint density at radius 1 is 0.469 bits per heavy atom. The number of allylic oxidation sites excluding steroid dienone is 3. The number of hydrogen-bond donors (Lipinski definition) is 3. The van der Waals surface area contributed by atoms with Gasteiger partial charge in [-0.05, 0) is 44.9 Å². The van der Waals surface area contributed by atoms with Gasteiger partial charge in [0.15, 0.2) is 0 Å². The molecule has 2 atom stereocenters. The third-order valence-corrected chi connectivity index (χ3v) is 10.2. The van der Waals surface area contributed by atoms with Crippen molar-refractivity contribution in [2.24, 2.45) is 0 Å². The molecule has 0 fully saturated rings. The second-order valence-electron chi connectivity index (χ2n) is 15.1. The van der Waals surface area contributed by atoms with Gasteiger partial charge in [-0.15, -0.1) is 0 Å². The van der Waals surface area contributed by atoms with Gasteiger partial charge in [-0.1, -0.05) is 212 Å². The first kappa shape index (κ1) is 47.9. The monoisotopic (exact) mass is 690 g/mol. The van der Waals surface area contributed by atoms with E-state index in [4.69, 9.17) is 0 Å². The van der Waals surface area contributed by atoms with E-state index < -0.39 is 12.1 Å². The SMILES string of the molecule is CCCCCCCC/C=C/CCCCCCCCCCCCCCCC(=O)N[C@@H](CO)[C@H](O)/C=C/CCCCCCCCCCCCCC. The number of amides is 1. The number of unbranched alkanes of at least 4 members (excludes halogenated alkanes) is 31. The van der Waals surface area contributed by atoms with Crippen LogP contribution in [0.2, 0.25) is 0 Å². The van der Waals surface area contributed by atoms with Crippen molar-refractivity contribution in [2.45, 2.75) is 251 Å². The molecule has 290 valence electrons. The zero-order valence-corrected chi connectivity index (χ0v) is 33.2. The summed E-state index contributed by atoms with van der Waals surface area (Å²) in [5, 5.41) is 23.0. The van der Waals surface area contributed by atoms with Crippen molar-refractivity contribution in [1.29, 1.82) is 0 Å². The molecule has 4 nitrogen and oxygen atoms in total. The van der Waals surface area contributed by atoms with Crippen LogP contribution >= 0.6 is 0 Å². The van der Waals surface area contributed by atoms with E-state index >= 15 is 0 Å². The van der Waals surface area contributed by atoms with E-state index in [9.17, 15) is 15.0 Å². The van der Waals surface area contributed by atoms with Gasteiger partial charge in [0.05, 0.1) is 18.8 Å². The molecule has 0 saturated heterocycles. The fraction of sp³-hybridized carbons (Fsp3) is 0.889. The minimum atomic E-state index is -0.835. The lowest BCUT2D eigenvalue weighted by Gasteiger charge is -2.20. The fourth-order valence-corrected chi connectivity index (χ4v) is 6.76. The van der Waals surface area contributed by atoms with Crippen LogP contribution in [0.4, 0.5) is 0 Å². The molecule has 0 saturated carbocycles. The molecule has 0 aromatic rings. The van der Waals surface area contributed by atoms with E-state index in [1.54, 1.807) is 6.08 Å². The highest BCUT2D eigenvalue weighted by atomic mass is 16.3. The van der Waals surface area contributed by atoms with Gasteiger partial charge in [0.25, 0.3) is 0 Å². The molecule has 0 rings (SSSR count). The largest absolute Gasteiger partial charge is 0.394 e. The van der Waals surface area contributed by atoms with Gasteiger partial charge < -0.3 is 15.5 Å². The van der Waals surface area contributed by atoms with Crippen LogP contribution in [-0.4, -0.2) is 34.9 Å². The Balaban J connectivity index is 3.52. The van der Waals surface area contributed by atoms with Crippen LogP contribution in [0.25, 0.3) is 0 Å². The maximum Gasteiger partial charge on any atom is 0.220 e. The average Bonchev–Trinajstić information content (AvgIpc) is 3.10. The van der Waals surface area contributed by atoms with E-state index in [-0.39, 0.29) is 12.5 Å². The summed E-state index contributed by atoms with van der Waals surface area (Å²) in [4.78, 5) is 12.4. The highest BCUT2D eigenvalue weighted by Gasteiger charge is 2.17. The quantitative estimate of drug-likeness (QED) is 0.0443. The first-order valence-electron chi connectivity index (χ1n) is 22.1. The van der Waals surface area contributed by atoms with Gasteiger partial charge in [-0.3, -0.25) is 4.79 Å². The van der Waals surface area contributed by atoms with Crippen LogP contribution in [0, 0.1) is 0 Å². The summed E-state index contributed by atoms with van der Waals surface area (Å²) in [7, 11) is 0. The fourth-order valence-electron chi connectivity index (χ4n) is 6.76. The molecule has 0 radical (unpaired) electrons. The normalized spacial score (nSPS) is 13.1. The lowest BCUT2D eigenvalue weighted by atomic mass is 10.0. The summed E-state index contributed by atoms with van der Waals surface area (Å²) in [5.74, 6) is -0.0626. The first-order chi connectivity index (χ1) is 24.2. The lowest BCUT2D eigenvalue weighted by molar-refractivity contribution is -0.123. The minimum absolute atomic E-state index is 0.0626. The molecule has 0 bridgehead atoms. The number of carbonyl (C=O) groups excluding carboxylic acids is 1. The molecule has 0 aliphatic rings. The average molecular weight is 690 g/mol. The summed E-state index contributed by atoms with van der Waals surface area (Å²) in [6.45, 7) is 4.31. The Kier molecular flexibility index (Phi) is 40.3. The van der Waals surface area contributed by atoms with E-state index in [0.29, 0.717) is 6.42 Å². The maximum atomic E-state index is 12.4. The van der Waals surface area contributed by atoms with E-state index in [2.05, 4.69) is 31.3 Å². The van der Waals surface area contributed by atoms with Crippen molar-refractivity contribution in [2.75, 3.05) is 6.61 Å². The molecular weight excluding hydrogens is 602 g/mol. The molecule has 0 aliphatic heterocycles. The summed E-state index contributed by atoms with van der Waals surface area (Å²) >= 11 is 0. The molecule has 0 aromatic heterocycles. The smallest absolute Gasteiger partial charge is 0.220 e. The van der Waals surface area contributed by atoms with Crippen LogP contribution in [0.3, 0.4) is 0 Å². The van der Waals surface area contributed by atoms with Gasteiger partial charge >= 0.3 is 0 Å². The molecule has 49 heavy (non-hydrogen) atoms. The zero-order chi connectivity index (χ0) is 35.7. The zero-order valence-electron chi connectivity index (χ0n) is 33.2. The number of nitrogens with one attached hydrogen (secondary N) is 1. The van der Waals surface area contributed by atoms with Gasteiger partial charge in [-0.25, -0.2) is 0 Å². The molecule has 4 heteroatoms. The van der Waals surface area contributed by atoms with Crippen molar-refractivity contribution in [1.82, 2.24) is 5.32 Å². The third-order valence-electron chi connectivity index (χ3n) is 10.2. The second-order valence-corrected chi connectivity index (χ2v) is 15.1. The van der Waals surface area contributed by atoms with Gasteiger partial charge in [0.2, 0.25) is 5.91 Å². The summed E-state index contributed by atoms with van der Waals surface area (Å²) in [6, 6.07) is -0.618. The van der Waals surface area contributed by atoms with Crippen molar-refractivity contribution < 1.29 is 15.0 Å². The Bertz CT molecular complexity index is 705. The van der Waals surface area contributed by atoms with E-state index in [1.807, 2.05) is 6.08 Å². The molecule has 0 aromatic carbocycles. The Labute approximate surface area is 307 Å². The van der Waals surface area contributed by atoms with E-state index in [0.717, 1.165) is 25.7 Å². The van der Waals surface area contributed by atoms with Gasteiger partial charge in [0.1, 0.15) is 0 Å². The predicted molar refractivity (Wildman–Crippen MR) is 216 cm³/mol. The van der Waals surface area contributed by atoms with Crippen molar-refractivity contribution in [3.05, 3.63) is 24.3 Å². The van der Waals surface area contributed by atoms with E-state index in [1.165, 1.54) is 193 Å². The lowest BCUT2D eigenvalue weighted by Crippen LogP contribution is -2.45. The summed E-state index contributed by atoms with van der Waals surface area (Å²) in [6.07, 6.45) is 52.8. The van der Waals surface area contributed by atoms with Crippen LogP contribution < -0.4 is 5.32 Å². The summed E-state index contributed by atoms with van der Waals surface area (Å²) in [5.41, 5.74) is 0. The molecular formula is C45H87NO3. The molecule has 0 spiro atoms. The first-order valence-corrected chi connectivity index (χ1v) is 22.1. The van der Waals surface area contributed by atoms with Crippen molar-refractivity contribution in [3.63, 3.8) is 0 Å². The molecule has 1 amide bonds. The maximum absolute atomic E-state index is 12.4. The second kappa shape index (κ2) is 41.3. The number of hydrogen-bond acceptors (Lipinski definition) is 3. The minimum Gasteiger partial charge on any atom is -0.394 e. The Morgan fingerprint density at radius 2 is 0.776 bits per heavy atom. The molecule has 0 heterocycles. The van der Waals surface area contributed by atoms with Crippen LogP contribution in [0.5, 0.6) is 0 Å². The highest BCUT2D eigenvalue weighted by molar-refractivity contribution is 5.76. The van der Waals surface area contributed by atoms with Gasteiger partial charge in [0, 0.05) is 6.42 Å². The third kappa shape index (κ3) is 37.9. The van der Waals surface area contributed by atoms with Crippen molar-refractivity contribution in [3.8, 4) is 0 Å².